The minimum Gasteiger partial charge on any atom is -0.360 e. The molecule has 0 atom stereocenters. The summed E-state index contributed by atoms with van der Waals surface area (Å²) >= 11 is 0. The van der Waals surface area contributed by atoms with Gasteiger partial charge in [0.25, 0.3) is 5.91 Å². The molecule has 0 bridgehead atoms. The standard InChI is InChI=1S/C18H20N6O2/c25-17(15-4-3-13-14(20-15)5-8-19-13)23-9-6-12(7-10-23)24-18(26)21-16(22-24)11-1-2-11/h3-5,8,11-12,19H,1-2,6-7,9-10H2,(H,21,22,26). The Bertz CT molecular complexity index is 1020. The topological polar surface area (TPSA) is 99.7 Å². The van der Waals surface area contributed by atoms with Crippen molar-refractivity contribution in [2.75, 3.05) is 13.1 Å². The zero-order valence-corrected chi connectivity index (χ0v) is 14.3. The zero-order valence-electron chi connectivity index (χ0n) is 14.3. The van der Waals surface area contributed by atoms with Crippen LogP contribution >= 0.6 is 0 Å². The number of amides is 1. The van der Waals surface area contributed by atoms with E-state index in [1.165, 1.54) is 0 Å². The molecule has 0 radical (unpaired) electrons. The average Bonchev–Trinajstić information content (AvgIpc) is 3.29. The number of nitrogens with one attached hydrogen (secondary N) is 2. The number of H-pyrrole nitrogens is 2. The van der Waals surface area contributed by atoms with E-state index in [0.717, 1.165) is 42.5 Å². The van der Waals surface area contributed by atoms with Gasteiger partial charge in [-0.1, -0.05) is 0 Å². The molecule has 1 saturated carbocycles. The number of nitrogens with zero attached hydrogens (tertiary/aromatic N) is 4. The largest absolute Gasteiger partial charge is 0.360 e. The minimum atomic E-state index is -0.128. The number of piperidine rings is 1. The highest BCUT2D eigenvalue weighted by molar-refractivity contribution is 5.94. The summed E-state index contributed by atoms with van der Waals surface area (Å²) in [6.07, 6.45) is 5.49. The first-order chi connectivity index (χ1) is 12.7. The Hall–Kier alpha value is -2.90. The normalized spacial score (nSPS) is 18.5. The predicted octanol–water partition coefficient (Wildman–Crippen LogP) is 1.80. The van der Waals surface area contributed by atoms with Gasteiger partial charge in [0.1, 0.15) is 11.5 Å². The summed E-state index contributed by atoms with van der Waals surface area (Å²) in [5.74, 6) is 1.19. The lowest BCUT2D eigenvalue weighted by Gasteiger charge is -2.31. The number of pyridine rings is 1. The molecule has 4 heterocycles. The molecule has 1 aliphatic heterocycles. The monoisotopic (exact) mass is 352 g/mol. The minimum absolute atomic E-state index is 0.0513. The van der Waals surface area contributed by atoms with Crippen molar-refractivity contribution in [2.45, 2.75) is 37.6 Å². The van der Waals surface area contributed by atoms with Crippen LogP contribution in [0.15, 0.2) is 29.2 Å². The number of rotatable bonds is 3. The molecule has 2 fully saturated rings. The van der Waals surface area contributed by atoms with Gasteiger partial charge in [-0.2, -0.15) is 5.10 Å². The second kappa shape index (κ2) is 5.82. The summed E-state index contributed by atoms with van der Waals surface area (Å²) < 4.78 is 1.58. The van der Waals surface area contributed by atoms with Crippen LogP contribution in [0.5, 0.6) is 0 Å². The number of aromatic amines is 2. The highest BCUT2D eigenvalue weighted by atomic mass is 16.2. The Morgan fingerprint density at radius 3 is 2.69 bits per heavy atom. The number of carbonyl (C=O) groups is 1. The fourth-order valence-electron chi connectivity index (χ4n) is 3.67. The van der Waals surface area contributed by atoms with E-state index in [1.807, 2.05) is 23.2 Å². The molecule has 8 heteroatoms. The molecule has 2 aliphatic rings. The fourth-order valence-corrected chi connectivity index (χ4v) is 3.67. The summed E-state index contributed by atoms with van der Waals surface area (Å²) in [5.41, 5.74) is 2.05. The number of hydrogen-bond donors (Lipinski definition) is 2. The van der Waals surface area contributed by atoms with E-state index >= 15 is 0 Å². The third kappa shape index (κ3) is 2.61. The second-order valence-corrected chi connectivity index (χ2v) is 7.16. The van der Waals surface area contributed by atoms with Gasteiger partial charge in [-0.05, 0) is 43.9 Å². The van der Waals surface area contributed by atoms with E-state index in [9.17, 15) is 9.59 Å². The highest BCUT2D eigenvalue weighted by Gasteiger charge is 2.31. The van der Waals surface area contributed by atoms with Gasteiger partial charge in [0, 0.05) is 25.2 Å². The van der Waals surface area contributed by atoms with Crippen molar-refractivity contribution in [1.82, 2.24) is 29.6 Å². The molecular formula is C18H20N6O2. The molecule has 2 N–H and O–H groups in total. The van der Waals surface area contributed by atoms with Crippen molar-refractivity contribution < 1.29 is 4.79 Å². The van der Waals surface area contributed by atoms with Gasteiger partial charge in [-0.25, -0.2) is 14.5 Å². The Morgan fingerprint density at radius 1 is 1.12 bits per heavy atom. The van der Waals surface area contributed by atoms with Crippen LogP contribution in [-0.4, -0.2) is 48.6 Å². The third-order valence-electron chi connectivity index (χ3n) is 5.34. The van der Waals surface area contributed by atoms with Crippen LogP contribution in [0, 0.1) is 0 Å². The van der Waals surface area contributed by atoms with Crippen molar-refractivity contribution in [3.63, 3.8) is 0 Å². The lowest BCUT2D eigenvalue weighted by molar-refractivity contribution is 0.0683. The number of fused-ring (bicyclic) bond motifs is 1. The van der Waals surface area contributed by atoms with Gasteiger partial charge in [0.05, 0.1) is 17.1 Å². The maximum Gasteiger partial charge on any atom is 0.343 e. The lowest BCUT2D eigenvalue weighted by Crippen LogP contribution is -2.41. The van der Waals surface area contributed by atoms with Gasteiger partial charge >= 0.3 is 5.69 Å². The molecule has 3 aromatic heterocycles. The van der Waals surface area contributed by atoms with Crippen LogP contribution in [0.25, 0.3) is 11.0 Å². The molecule has 3 aromatic rings. The van der Waals surface area contributed by atoms with Gasteiger partial charge in [-0.3, -0.25) is 9.78 Å². The predicted molar refractivity (Wildman–Crippen MR) is 95.1 cm³/mol. The van der Waals surface area contributed by atoms with Crippen LogP contribution in [-0.2, 0) is 0 Å². The summed E-state index contributed by atoms with van der Waals surface area (Å²) in [5, 5.41) is 4.48. The molecule has 0 aromatic carbocycles. The van der Waals surface area contributed by atoms with Crippen molar-refractivity contribution >= 4 is 16.9 Å². The Labute approximate surface area is 149 Å². The van der Waals surface area contributed by atoms with Crippen molar-refractivity contribution in [3.05, 3.63) is 46.4 Å². The van der Waals surface area contributed by atoms with E-state index in [-0.39, 0.29) is 17.6 Å². The first-order valence-corrected chi connectivity index (χ1v) is 9.11. The van der Waals surface area contributed by atoms with Gasteiger partial charge < -0.3 is 9.88 Å². The molecule has 26 heavy (non-hydrogen) atoms. The van der Waals surface area contributed by atoms with E-state index in [4.69, 9.17) is 0 Å². The molecule has 0 spiro atoms. The second-order valence-electron chi connectivity index (χ2n) is 7.16. The quantitative estimate of drug-likeness (QED) is 0.751. The molecular weight excluding hydrogens is 332 g/mol. The van der Waals surface area contributed by atoms with E-state index in [2.05, 4.69) is 20.1 Å². The number of likely N-dealkylation sites (tertiary alicyclic amines) is 1. The number of carbonyl (C=O) groups excluding carboxylic acids is 1. The van der Waals surface area contributed by atoms with E-state index in [1.54, 1.807) is 10.7 Å². The Balaban J connectivity index is 1.29. The average molecular weight is 352 g/mol. The third-order valence-corrected chi connectivity index (χ3v) is 5.34. The number of hydrogen-bond acceptors (Lipinski definition) is 4. The molecule has 134 valence electrons. The van der Waals surface area contributed by atoms with Crippen molar-refractivity contribution in [2.24, 2.45) is 0 Å². The zero-order chi connectivity index (χ0) is 17.7. The van der Waals surface area contributed by atoms with Gasteiger partial charge in [0.15, 0.2) is 0 Å². The smallest absolute Gasteiger partial charge is 0.343 e. The fraction of sp³-hybridized carbons (Fsp3) is 0.444. The summed E-state index contributed by atoms with van der Waals surface area (Å²) in [7, 11) is 0. The first-order valence-electron chi connectivity index (χ1n) is 9.11. The summed E-state index contributed by atoms with van der Waals surface area (Å²) in [6, 6.07) is 5.55. The van der Waals surface area contributed by atoms with Gasteiger partial charge in [0.2, 0.25) is 0 Å². The molecule has 5 rings (SSSR count). The SMILES string of the molecule is O=C(c1ccc2[nH]ccc2n1)N1CCC(n2nc(C3CC3)[nH]c2=O)CC1. The maximum absolute atomic E-state index is 12.7. The van der Waals surface area contributed by atoms with Crippen molar-refractivity contribution in [1.29, 1.82) is 0 Å². The Morgan fingerprint density at radius 2 is 1.92 bits per heavy atom. The Kier molecular flexibility index (Phi) is 3.44. The van der Waals surface area contributed by atoms with E-state index in [0.29, 0.717) is 24.7 Å². The molecule has 0 unspecified atom stereocenters. The van der Waals surface area contributed by atoms with E-state index < -0.39 is 0 Å². The van der Waals surface area contributed by atoms with Crippen LogP contribution in [0.1, 0.15) is 54.0 Å². The summed E-state index contributed by atoms with van der Waals surface area (Å²) in [4.78, 5) is 37.1. The maximum atomic E-state index is 12.7. The molecule has 1 amide bonds. The van der Waals surface area contributed by atoms with Crippen LogP contribution in [0.3, 0.4) is 0 Å². The highest BCUT2D eigenvalue weighted by Crippen LogP contribution is 2.37. The first kappa shape index (κ1) is 15.4. The van der Waals surface area contributed by atoms with Crippen LogP contribution in [0.2, 0.25) is 0 Å². The molecule has 1 aliphatic carbocycles. The molecule has 8 nitrogen and oxygen atoms in total. The van der Waals surface area contributed by atoms with Gasteiger partial charge in [-0.15, -0.1) is 0 Å². The number of aromatic nitrogens is 5. The van der Waals surface area contributed by atoms with Crippen LogP contribution in [0.4, 0.5) is 0 Å². The summed E-state index contributed by atoms with van der Waals surface area (Å²) in [6.45, 7) is 1.21. The van der Waals surface area contributed by atoms with Crippen molar-refractivity contribution in [3.8, 4) is 0 Å². The lowest BCUT2D eigenvalue weighted by atomic mass is 10.0. The molecule has 1 saturated heterocycles. The van der Waals surface area contributed by atoms with Crippen LogP contribution < -0.4 is 5.69 Å².